The van der Waals surface area contributed by atoms with Crippen molar-refractivity contribution >= 4 is 43.1 Å². The maximum atomic E-state index is 5.11. The zero-order valence-electron chi connectivity index (χ0n) is 25.1. The van der Waals surface area contributed by atoms with Crippen LogP contribution < -0.4 is 0 Å². The van der Waals surface area contributed by atoms with E-state index in [-0.39, 0.29) is 0 Å². The molecule has 2 aromatic heterocycles. The van der Waals surface area contributed by atoms with Gasteiger partial charge >= 0.3 is 0 Å². The molecule has 0 amide bonds. The summed E-state index contributed by atoms with van der Waals surface area (Å²) in [5, 5.41) is 9.89. The Bertz CT molecular complexity index is 2580. The lowest BCUT2D eigenvalue weighted by atomic mass is 9.84. The topological polar surface area (TPSA) is 25.8 Å². The molecule has 0 spiro atoms. The first kappa shape index (κ1) is 26.3. The molecule has 0 aliphatic rings. The molecule has 2 heteroatoms. The second kappa shape index (κ2) is 10.8. The summed E-state index contributed by atoms with van der Waals surface area (Å²) in [6, 6.07) is 56.9. The predicted molar refractivity (Wildman–Crippen MR) is 194 cm³/mol. The standard InChI is InChI=1S/C44H28N2/c1-3-10-32-26-35(18-16-29(32)8-1)43-37-12-5-6-13-38(37)44(36-19-17-30-9-2-4-11-33(30)27-36)40-28-34(20-21-39(40)43)42-15-7-14-41(46-42)31-22-24-45-25-23-31/h1-28H. The van der Waals surface area contributed by atoms with E-state index in [4.69, 9.17) is 4.98 Å². The van der Waals surface area contributed by atoms with Gasteiger partial charge in [-0.2, -0.15) is 0 Å². The Morgan fingerprint density at radius 2 is 0.804 bits per heavy atom. The van der Waals surface area contributed by atoms with Gasteiger partial charge in [0.2, 0.25) is 0 Å². The van der Waals surface area contributed by atoms with Crippen molar-refractivity contribution in [2.45, 2.75) is 0 Å². The fourth-order valence-corrected chi connectivity index (χ4v) is 6.93. The molecule has 7 aromatic carbocycles. The van der Waals surface area contributed by atoms with Crippen LogP contribution in [0, 0.1) is 0 Å². The molecular weight excluding hydrogens is 556 g/mol. The normalized spacial score (nSPS) is 11.5. The molecule has 0 saturated heterocycles. The average Bonchev–Trinajstić information content (AvgIpc) is 3.13. The van der Waals surface area contributed by atoms with E-state index in [9.17, 15) is 0 Å². The molecular formula is C44H28N2. The lowest BCUT2D eigenvalue weighted by Crippen LogP contribution is -1.93. The second-order valence-electron chi connectivity index (χ2n) is 11.8. The van der Waals surface area contributed by atoms with Crippen LogP contribution in [0.15, 0.2) is 170 Å². The maximum absolute atomic E-state index is 5.11. The molecule has 0 fully saturated rings. The van der Waals surface area contributed by atoms with Crippen molar-refractivity contribution < 1.29 is 0 Å². The van der Waals surface area contributed by atoms with E-state index in [0.717, 1.165) is 22.5 Å². The third kappa shape index (κ3) is 4.43. The Kier molecular flexibility index (Phi) is 6.17. The van der Waals surface area contributed by atoms with Crippen LogP contribution in [-0.2, 0) is 0 Å². The van der Waals surface area contributed by atoms with Gasteiger partial charge in [0.05, 0.1) is 11.4 Å². The quantitative estimate of drug-likeness (QED) is 0.192. The molecule has 2 nitrogen and oxygen atoms in total. The van der Waals surface area contributed by atoms with Gasteiger partial charge < -0.3 is 0 Å². The summed E-state index contributed by atoms with van der Waals surface area (Å²) in [7, 11) is 0. The molecule has 214 valence electrons. The van der Waals surface area contributed by atoms with E-state index < -0.39 is 0 Å². The number of fused-ring (bicyclic) bond motifs is 4. The molecule has 0 saturated carbocycles. The van der Waals surface area contributed by atoms with Crippen LogP contribution in [0.5, 0.6) is 0 Å². The summed E-state index contributed by atoms with van der Waals surface area (Å²) >= 11 is 0. The molecule has 46 heavy (non-hydrogen) atoms. The SMILES string of the molecule is c1cc(-c2ccncc2)nc(-c2ccc3c(-c4ccc5ccccc5c4)c4ccccc4c(-c4ccc5ccccc5c4)c3c2)c1. The van der Waals surface area contributed by atoms with Gasteiger partial charge in [-0.3, -0.25) is 4.98 Å². The van der Waals surface area contributed by atoms with Gasteiger partial charge in [-0.25, -0.2) is 4.98 Å². The van der Waals surface area contributed by atoms with Crippen molar-refractivity contribution in [3.8, 4) is 44.8 Å². The van der Waals surface area contributed by atoms with Gasteiger partial charge in [-0.1, -0.05) is 115 Å². The summed E-state index contributed by atoms with van der Waals surface area (Å²) in [5.74, 6) is 0. The minimum atomic E-state index is 0.935. The molecule has 9 aromatic rings. The highest BCUT2D eigenvalue weighted by Gasteiger charge is 2.18. The van der Waals surface area contributed by atoms with E-state index in [2.05, 4.69) is 151 Å². The number of nitrogens with zero attached hydrogens (tertiary/aromatic N) is 2. The molecule has 0 aliphatic carbocycles. The van der Waals surface area contributed by atoms with E-state index in [1.165, 1.54) is 65.3 Å². The average molecular weight is 585 g/mol. The number of rotatable bonds is 4. The zero-order chi connectivity index (χ0) is 30.5. The van der Waals surface area contributed by atoms with Gasteiger partial charge in [0.1, 0.15) is 0 Å². The highest BCUT2D eigenvalue weighted by atomic mass is 14.7. The van der Waals surface area contributed by atoms with Gasteiger partial charge in [-0.05, 0) is 108 Å². The van der Waals surface area contributed by atoms with Crippen molar-refractivity contribution in [1.29, 1.82) is 0 Å². The van der Waals surface area contributed by atoms with Gasteiger partial charge in [0, 0.05) is 23.5 Å². The van der Waals surface area contributed by atoms with Gasteiger partial charge in [-0.15, -0.1) is 0 Å². The van der Waals surface area contributed by atoms with E-state index >= 15 is 0 Å². The highest BCUT2D eigenvalue weighted by Crippen LogP contribution is 2.45. The van der Waals surface area contributed by atoms with E-state index in [1.807, 2.05) is 24.5 Å². The van der Waals surface area contributed by atoms with Crippen LogP contribution in [0.25, 0.3) is 87.9 Å². The fraction of sp³-hybridized carbons (Fsp3) is 0. The number of pyridine rings is 2. The minimum absolute atomic E-state index is 0.935. The molecule has 9 rings (SSSR count). The maximum Gasteiger partial charge on any atom is 0.0710 e. The summed E-state index contributed by atoms with van der Waals surface area (Å²) in [5.41, 5.74) is 8.95. The van der Waals surface area contributed by atoms with Crippen molar-refractivity contribution in [1.82, 2.24) is 9.97 Å². The van der Waals surface area contributed by atoms with Crippen LogP contribution >= 0.6 is 0 Å². The second-order valence-corrected chi connectivity index (χ2v) is 11.8. The number of hydrogen-bond donors (Lipinski definition) is 0. The lowest BCUT2D eigenvalue weighted by molar-refractivity contribution is 1.29. The van der Waals surface area contributed by atoms with Crippen molar-refractivity contribution in [2.24, 2.45) is 0 Å². The Morgan fingerprint density at radius 3 is 1.43 bits per heavy atom. The van der Waals surface area contributed by atoms with Crippen LogP contribution in [-0.4, -0.2) is 9.97 Å². The monoisotopic (exact) mass is 584 g/mol. The first-order chi connectivity index (χ1) is 22.8. The molecule has 0 N–H and O–H groups in total. The number of aromatic nitrogens is 2. The minimum Gasteiger partial charge on any atom is -0.265 e. The highest BCUT2D eigenvalue weighted by molar-refractivity contribution is 6.22. The molecule has 0 atom stereocenters. The first-order valence-electron chi connectivity index (χ1n) is 15.6. The van der Waals surface area contributed by atoms with E-state index in [1.54, 1.807) is 0 Å². The summed E-state index contributed by atoms with van der Waals surface area (Å²) in [6.07, 6.45) is 3.63. The first-order valence-corrected chi connectivity index (χ1v) is 15.6. The summed E-state index contributed by atoms with van der Waals surface area (Å²) in [4.78, 5) is 9.30. The Balaban J connectivity index is 1.36. The molecule has 0 radical (unpaired) electrons. The Labute approximate surface area is 267 Å². The fourth-order valence-electron chi connectivity index (χ4n) is 6.93. The van der Waals surface area contributed by atoms with Crippen LogP contribution in [0.2, 0.25) is 0 Å². The Hall–Kier alpha value is -6.12. The lowest BCUT2D eigenvalue weighted by Gasteiger charge is -2.19. The largest absolute Gasteiger partial charge is 0.265 e. The van der Waals surface area contributed by atoms with Crippen molar-refractivity contribution in [3.63, 3.8) is 0 Å². The van der Waals surface area contributed by atoms with Gasteiger partial charge in [0.15, 0.2) is 0 Å². The van der Waals surface area contributed by atoms with Crippen LogP contribution in [0.4, 0.5) is 0 Å². The molecule has 0 bridgehead atoms. The molecule has 2 heterocycles. The van der Waals surface area contributed by atoms with Crippen molar-refractivity contribution in [3.05, 3.63) is 170 Å². The van der Waals surface area contributed by atoms with Crippen LogP contribution in [0.1, 0.15) is 0 Å². The number of benzene rings is 7. The zero-order valence-corrected chi connectivity index (χ0v) is 25.1. The summed E-state index contributed by atoms with van der Waals surface area (Å²) < 4.78 is 0. The summed E-state index contributed by atoms with van der Waals surface area (Å²) in [6.45, 7) is 0. The predicted octanol–water partition coefficient (Wildman–Crippen LogP) is 11.8. The van der Waals surface area contributed by atoms with Gasteiger partial charge in [0.25, 0.3) is 0 Å². The molecule has 0 unspecified atom stereocenters. The third-order valence-electron chi connectivity index (χ3n) is 9.12. The van der Waals surface area contributed by atoms with E-state index in [0.29, 0.717) is 0 Å². The Morgan fingerprint density at radius 1 is 0.304 bits per heavy atom. The molecule has 0 aliphatic heterocycles. The smallest absolute Gasteiger partial charge is 0.0710 e. The number of hydrogen-bond acceptors (Lipinski definition) is 2. The van der Waals surface area contributed by atoms with Crippen LogP contribution in [0.3, 0.4) is 0 Å². The third-order valence-corrected chi connectivity index (χ3v) is 9.12. The van der Waals surface area contributed by atoms with Crippen molar-refractivity contribution in [2.75, 3.05) is 0 Å².